The van der Waals surface area contributed by atoms with E-state index in [-0.39, 0.29) is 5.56 Å². The van der Waals surface area contributed by atoms with Crippen LogP contribution >= 0.6 is 0 Å². The number of benzene rings is 1. The molecule has 1 atom stereocenters. The Bertz CT molecular complexity index is 358. The number of hydrogen-bond acceptors (Lipinski definition) is 3. The van der Waals surface area contributed by atoms with Gasteiger partial charge in [-0.1, -0.05) is 6.92 Å². The van der Waals surface area contributed by atoms with Crippen molar-refractivity contribution in [2.75, 3.05) is 6.61 Å². The number of hydrogen-bond donors (Lipinski definition) is 1. The maximum Gasteiger partial charge on any atom is 0.276 e. The Labute approximate surface area is 90.5 Å². The van der Waals surface area contributed by atoms with Crippen LogP contribution in [0.2, 0.25) is 0 Å². The molecule has 1 unspecified atom stereocenters. The molecule has 0 aliphatic rings. The van der Waals surface area contributed by atoms with Crippen molar-refractivity contribution < 1.29 is 18.3 Å². The highest BCUT2D eigenvalue weighted by atomic mass is 32.2. The normalized spacial score (nSPS) is 12.1. The van der Waals surface area contributed by atoms with Gasteiger partial charge in [-0.15, -0.1) is 0 Å². The summed E-state index contributed by atoms with van der Waals surface area (Å²) in [5.74, 6) is 0.650. The van der Waals surface area contributed by atoms with E-state index in [2.05, 4.69) is 0 Å². The fourth-order valence-electron chi connectivity index (χ4n) is 1.01. The summed E-state index contributed by atoms with van der Waals surface area (Å²) < 4.78 is 24.4. The van der Waals surface area contributed by atoms with Gasteiger partial charge >= 0.3 is 0 Å². The van der Waals surface area contributed by atoms with Crippen LogP contribution in [-0.4, -0.2) is 20.5 Å². The van der Waals surface area contributed by atoms with Crippen molar-refractivity contribution >= 4 is 16.2 Å². The van der Waals surface area contributed by atoms with Gasteiger partial charge in [0, 0.05) is 5.56 Å². The monoisotopic (exact) mass is 228 g/mol. The smallest absolute Gasteiger partial charge is 0.276 e. The van der Waals surface area contributed by atoms with Gasteiger partial charge in [-0.25, -0.2) is 4.21 Å². The van der Waals surface area contributed by atoms with Crippen LogP contribution in [-0.2, 0) is 11.1 Å². The molecule has 15 heavy (non-hydrogen) atoms. The van der Waals surface area contributed by atoms with Gasteiger partial charge in [0.1, 0.15) is 5.75 Å². The van der Waals surface area contributed by atoms with Crippen molar-refractivity contribution in [3.63, 3.8) is 0 Å². The summed E-state index contributed by atoms with van der Waals surface area (Å²) in [6, 6.07) is 6.16. The predicted octanol–water partition coefficient (Wildman–Crippen LogP) is 1.84. The summed E-state index contributed by atoms with van der Waals surface area (Å²) >= 11 is -2.45. The molecule has 1 aromatic rings. The molecule has 0 saturated carbocycles. The van der Waals surface area contributed by atoms with Crippen LogP contribution in [0.4, 0.5) is 0 Å². The first-order valence-electron chi connectivity index (χ1n) is 4.53. The molecule has 0 aliphatic carbocycles. The third kappa shape index (κ3) is 3.45. The molecule has 0 aliphatic heterocycles. The fraction of sp³-hybridized carbons (Fsp3) is 0.300. The molecule has 0 heterocycles. The highest BCUT2D eigenvalue weighted by Crippen LogP contribution is 2.13. The van der Waals surface area contributed by atoms with Crippen LogP contribution in [0.5, 0.6) is 5.75 Å². The van der Waals surface area contributed by atoms with Gasteiger partial charge in [0.15, 0.2) is 0 Å². The zero-order chi connectivity index (χ0) is 11.3. The van der Waals surface area contributed by atoms with Gasteiger partial charge in [-0.2, -0.15) is 0 Å². The van der Waals surface area contributed by atoms with Crippen molar-refractivity contribution in [2.24, 2.45) is 0 Å². The molecule has 0 fully saturated rings. The lowest BCUT2D eigenvalue weighted by Crippen LogP contribution is -2.05. The van der Waals surface area contributed by atoms with Crippen molar-refractivity contribution in [1.29, 1.82) is 0 Å². The first-order valence-corrected chi connectivity index (χ1v) is 5.64. The predicted molar refractivity (Wildman–Crippen MR) is 57.3 cm³/mol. The molecule has 1 rings (SSSR count). The Morgan fingerprint density at radius 2 is 2.00 bits per heavy atom. The quantitative estimate of drug-likeness (QED) is 0.799. The van der Waals surface area contributed by atoms with E-state index in [1.165, 1.54) is 12.1 Å². The van der Waals surface area contributed by atoms with Crippen molar-refractivity contribution in [3.05, 3.63) is 29.8 Å². The summed E-state index contributed by atoms with van der Waals surface area (Å²) in [5.41, 5.74) is 0.208. The van der Waals surface area contributed by atoms with Gasteiger partial charge in [-0.05, 0) is 30.7 Å². The molecule has 0 aromatic heterocycles. The second-order valence-electron chi connectivity index (χ2n) is 2.91. The first kappa shape index (κ1) is 11.9. The van der Waals surface area contributed by atoms with Gasteiger partial charge in [0.2, 0.25) is 11.1 Å². The van der Waals surface area contributed by atoms with Gasteiger partial charge in [-0.3, -0.25) is 9.35 Å². The Morgan fingerprint density at radius 1 is 1.40 bits per heavy atom. The van der Waals surface area contributed by atoms with Crippen LogP contribution in [0.3, 0.4) is 0 Å². The second kappa shape index (κ2) is 5.63. The van der Waals surface area contributed by atoms with Crippen LogP contribution in [0.25, 0.3) is 0 Å². The van der Waals surface area contributed by atoms with E-state index in [1.54, 1.807) is 12.1 Å². The number of carbonyl (C=O) groups is 1. The third-order valence-corrected chi connectivity index (χ3v) is 2.27. The summed E-state index contributed by atoms with van der Waals surface area (Å²) in [6.45, 7) is 2.60. The average Bonchev–Trinajstić information content (AvgIpc) is 2.26. The zero-order valence-corrected chi connectivity index (χ0v) is 9.12. The molecule has 5 heteroatoms. The molecular weight excluding hydrogens is 216 g/mol. The van der Waals surface area contributed by atoms with E-state index in [0.717, 1.165) is 6.42 Å². The highest BCUT2D eigenvalue weighted by molar-refractivity contribution is 7.95. The molecule has 0 radical (unpaired) electrons. The molecule has 0 spiro atoms. The van der Waals surface area contributed by atoms with Crippen LogP contribution in [0.15, 0.2) is 24.3 Å². The number of rotatable bonds is 4. The van der Waals surface area contributed by atoms with Crippen molar-refractivity contribution in [3.8, 4) is 5.75 Å². The second-order valence-corrected chi connectivity index (χ2v) is 3.78. The minimum atomic E-state index is -2.45. The minimum Gasteiger partial charge on any atom is -0.494 e. The Hall–Kier alpha value is -1.20. The summed E-state index contributed by atoms with van der Waals surface area (Å²) in [7, 11) is 0. The van der Waals surface area contributed by atoms with Gasteiger partial charge in [0.05, 0.1) is 6.61 Å². The average molecular weight is 228 g/mol. The van der Waals surface area contributed by atoms with E-state index in [4.69, 9.17) is 9.29 Å². The minimum absolute atomic E-state index is 0.208. The van der Waals surface area contributed by atoms with E-state index < -0.39 is 16.2 Å². The highest BCUT2D eigenvalue weighted by Gasteiger charge is 2.11. The number of carbonyl (C=O) groups excluding carboxylic acids is 1. The molecule has 0 bridgehead atoms. The maximum atomic E-state index is 11.1. The Balaban J connectivity index is 2.72. The number of ether oxygens (including phenoxy) is 1. The molecule has 0 amide bonds. The Kier molecular flexibility index (Phi) is 4.45. The topological polar surface area (TPSA) is 63.6 Å². The molecular formula is C10H12O4S. The van der Waals surface area contributed by atoms with Crippen molar-refractivity contribution in [2.45, 2.75) is 13.3 Å². The lowest BCUT2D eigenvalue weighted by molar-refractivity contribution is 0.107. The van der Waals surface area contributed by atoms with Crippen LogP contribution < -0.4 is 4.74 Å². The van der Waals surface area contributed by atoms with Crippen LogP contribution in [0, 0.1) is 0 Å². The van der Waals surface area contributed by atoms with E-state index in [0.29, 0.717) is 12.4 Å². The molecule has 0 saturated heterocycles. The maximum absolute atomic E-state index is 11.1. The van der Waals surface area contributed by atoms with Gasteiger partial charge in [0.25, 0.3) is 5.12 Å². The fourth-order valence-corrected chi connectivity index (χ4v) is 1.35. The van der Waals surface area contributed by atoms with Crippen molar-refractivity contribution in [1.82, 2.24) is 0 Å². The summed E-state index contributed by atoms with van der Waals surface area (Å²) in [6.07, 6.45) is 0.904. The standard InChI is InChI=1S/C10H12O4S/c1-2-7-14-9-5-3-8(4-6-9)10(11)15(12)13/h3-6H,2,7H2,1H3,(H,12,13). The van der Waals surface area contributed by atoms with E-state index in [1.807, 2.05) is 6.92 Å². The van der Waals surface area contributed by atoms with E-state index >= 15 is 0 Å². The molecule has 4 nitrogen and oxygen atoms in total. The van der Waals surface area contributed by atoms with Crippen LogP contribution in [0.1, 0.15) is 23.7 Å². The zero-order valence-electron chi connectivity index (χ0n) is 8.30. The van der Waals surface area contributed by atoms with E-state index in [9.17, 15) is 9.00 Å². The molecule has 1 N–H and O–H groups in total. The van der Waals surface area contributed by atoms with Gasteiger partial charge < -0.3 is 4.74 Å². The lowest BCUT2D eigenvalue weighted by atomic mass is 10.2. The molecule has 1 aromatic carbocycles. The Morgan fingerprint density at radius 3 is 2.47 bits per heavy atom. The third-order valence-electron chi connectivity index (χ3n) is 1.72. The lowest BCUT2D eigenvalue weighted by Gasteiger charge is -2.04. The SMILES string of the molecule is CCCOc1ccc(C(=O)S(=O)O)cc1. The molecule has 82 valence electrons. The summed E-state index contributed by atoms with van der Waals surface area (Å²) in [4.78, 5) is 11.1. The summed E-state index contributed by atoms with van der Waals surface area (Å²) in [5, 5.41) is -0.794. The first-order chi connectivity index (χ1) is 7.15. The largest absolute Gasteiger partial charge is 0.494 e.